The number of benzene rings is 1. The summed E-state index contributed by atoms with van der Waals surface area (Å²) in [5, 5.41) is 0. The smallest absolute Gasteiger partial charge is 0.240 e. The van der Waals surface area contributed by atoms with Gasteiger partial charge in [-0.2, -0.15) is 0 Å². The lowest BCUT2D eigenvalue weighted by Gasteiger charge is -2.29. The van der Waals surface area contributed by atoms with Gasteiger partial charge in [-0.1, -0.05) is 12.1 Å². The zero-order chi connectivity index (χ0) is 14.6. The summed E-state index contributed by atoms with van der Waals surface area (Å²) in [5.41, 5.74) is 1.05. The van der Waals surface area contributed by atoms with Crippen LogP contribution in [0.2, 0.25) is 0 Å². The highest BCUT2D eigenvalue weighted by molar-refractivity contribution is 7.89. The first kappa shape index (κ1) is 15.8. The van der Waals surface area contributed by atoms with E-state index >= 15 is 0 Å². The Morgan fingerprint density at radius 3 is 2.40 bits per heavy atom. The molecule has 2 rings (SSSR count). The number of piperidine rings is 1. The quantitative estimate of drug-likeness (QED) is 0.843. The van der Waals surface area contributed by atoms with E-state index < -0.39 is 10.0 Å². The number of rotatable bonds is 5. The Hall–Kier alpha value is -0.620. The van der Waals surface area contributed by atoms with Gasteiger partial charge in [0.2, 0.25) is 10.0 Å². The lowest BCUT2D eigenvalue weighted by atomic mass is 10.1. The molecule has 1 fully saturated rings. The summed E-state index contributed by atoms with van der Waals surface area (Å²) in [6.07, 6.45) is 2.48. The van der Waals surface area contributed by atoms with Crippen molar-refractivity contribution in [3.05, 3.63) is 29.8 Å². The molecule has 1 N–H and O–H groups in total. The first-order valence-corrected chi connectivity index (χ1v) is 8.89. The van der Waals surface area contributed by atoms with Crippen molar-refractivity contribution in [3.8, 4) is 0 Å². The van der Waals surface area contributed by atoms with Crippen molar-refractivity contribution in [3.63, 3.8) is 0 Å². The average molecular weight is 317 g/mol. The van der Waals surface area contributed by atoms with E-state index in [0.717, 1.165) is 37.9 Å². The SMILES string of the molecule is CN1CCC(NS(=O)(=O)c2ccc(CCCl)cc2)CC1. The summed E-state index contributed by atoms with van der Waals surface area (Å²) in [4.78, 5) is 2.54. The summed E-state index contributed by atoms with van der Waals surface area (Å²) in [6.45, 7) is 1.86. The number of halogens is 1. The number of alkyl halides is 1. The zero-order valence-electron chi connectivity index (χ0n) is 11.7. The molecule has 0 unspecified atom stereocenters. The maximum Gasteiger partial charge on any atom is 0.240 e. The van der Waals surface area contributed by atoms with Gasteiger partial charge in [0.05, 0.1) is 4.90 Å². The first-order valence-electron chi connectivity index (χ1n) is 6.87. The van der Waals surface area contributed by atoms with Gasteiger partial charge in [-0.25, -0.2) is 13.1 Å². The third-order valence-corrected chi connectivity index (χ3v) is 5.38. The van der Waals surface area contributed by atoms with E-state index in [4.69, 9.17) is 11.6 Å². The largest absolute Gasteiger partial charge is 0.306 e. The predicted octanol–water partition coefficient (Wildman–Crippen LogP) is 1.84. The topological polar surface area (TPSA) is 49.4 Å². The van der Waals surface area contributed by atoms with Crippen molar-refractivity contribution in [1.82, 2.24) is 9.62 Å². The average Bonchev–Trinajstić information content (AvgIpc) is 2.42. The van der Waals surface area contributed by atoms with Crippen LogP contribution in [0.1, 0.15) is 18.4 Å². The number of sulfonamides is 1. The van der Waals surface area contributed by atoms with Gasteiger partial charge >= 0.3 is 0 Å². The van der Waals surface area contributed by atoms with Crippen molar-refractivity contribution in [2.75, 3.05) is 26.0 Å². The first-order chi connectivity index (χ1) is 9.51. The van der Waals surface area contributed by atoms with Crippen LogP contribution in [0.5, 0.6) is 0 Å². The predicted molar refractivity (Wildman–Crippen MR) is 81.7 cm³/mol. The number of hydrogen-bond donors (Lipinski definition) is 1. The summed E-state index contributed by atoms with van der Waals surface area (Å²) in [5.74, 6) is 0.542. The Morgan fingerprint density at radius 1 is 1.25 bits per heavy atom. The van der Waals surface area contributed by atoms with Crippen LogP contribution >= 0.6 is 11.6 Å². The van der Waals surface area contributed by atoms with Gasteiger partial charge in [-0.3, -0.25) is 0 Å². The van der Waals surface area contributed by atoms with E-state index in [2.05, 4.69) is 16.7 Å². The van der Waals surface area contributed by atoms with Crippen LogP contribution in [0, 0.1) is 0 Å². The minimum absolute atomic E-state index is 0.0405. The van der Waals surface area contributed by atoms with E-state index in [1.54, 1.807) is 12.1 Å². The van der Waals surface area contributed by atoms with Crippen LogP contribution in [-0.4, -0.2) is 45.4 Å². The molecule has 1 aliphatic rings. The summed E-state index contributed by atoms with van der Waals surface area (Å²) in [7, 11) is -1.35. The summed E-state index contributed by atoms with van der Waals surface area (Å²) >= 11 is 5.67. The van der Waals surface area contributed by atoms with E-state index in [1.807, 2.05) is 12.1 Å². The molecule has 6 heteroatoms. The lowest BCUT2D eigenvalue weighted by Crippen LogP contribution is -2.43. The summed E-state index contributed by atoms with van der Waals surface area (Å²) < 4.78 is 27.4. The Bertz CT molecular complexity index is 523. The minimum Gasteiger partial charge on any atom is -0.306 e. The Morgan fingerprint density at radius 2 is 1.85 bits per heavy atom. The van der Waals surface area contributed by atoms with Crippen molar-refractivity contribution < 1.29 is 8.42 Å². The third-order valence-electron chi connectivity index (χ3n) is 3.66. The van der Waals surface area contributed by atoms with E-state index in [1.165, 1.54) is 0 Å². The molecule has 0 saturated carbocycles. The molecule has 112 valence electrons. The van der Waals surface area contributed by atoms with Crippen LogP contribution < -0.4 is 4.72 Å². The molecule has 0 spiro atoms. The van der Waals surface area contributed by atoms with E-state index in [9.17, 15) is 8.42 Å². The highest BCUT2D eigenvalue weighted by atomic mass is 35.5. The van der Waals surface area contributed by atoms with Crippen LogP contribution in [0.25, 0.3) is 0 Å². The molecule has 1 saturated heterocycles. The maximum absolute atomic E-state index is 12.3. The van der Waals surface area contributed by atoms with Crippen molar-refractivity contribution >= 4 is 21.6 Å². The molecule has 0 radical (unpaired) electrons. The molecule has 0 aromatic heterocycles. The molecule has 20 heavy (non-hydrogen) atoms. The van der Waals surface area contributed by atoms with Gasteiger partial charge in [-0.15, -0.1) is 11.6 Å². The second kappa shape index (κ2) is 6.89. The normalized spacial score (nSPS) is 18.3. The van der Waals surface area contributed by atoms with Crippen LogP contribution in [0.3, 0.4) is 0 Å². The second-order valence-electron chi connectivity index (χ2n) is 5.28. The Kier molecular flexibility index (Phi) is 5.43. The molecule has 1 aromatic carbocycles. The summed E-state index contributed by atoms with van der Waals surface area (Å²) in [6, 6.07) is 6.99. The fourth-order valence-corrected chi connectivity index (χ4v) is 3.88. The molecular formula is C14H21ClN2O2S. The molecule has 0 aliphatic carbocycles. The van der Waals surface area contributed by atoms with Gasteiger partial charge in [0.1, 0.15) is 0 Å². The highest BCUT2D eigenvalue weighted by Crippen LogP contribution is 2.15. The lowest BCUT2D eigenvalue weighted by molar-refractivity contribution is 0.248. The molecule has 1 aliphatic heterocycles. The third kappa shape index (κ3) is 4.19. The molecule has 0 amide bonds. The minimum atomic E-state index is -3.41. The standard InChI is InChI=1S/C14H21ClN2O2S/c1-17-10-7-13(8-11-17)16-20(18,19)14-4-2-12(3-5-14)6-9-15/h2-5,13,16H,6-11H2,1H3. The number of nitrogens with zero attached hydrogens (tertiary/aromatic N) is 1. The molecule has 1 heterocycles. The second-order valence-corrected chi connectivity index (χ2v) is 7.37. The van der Waals surface area contributed by atoms with Gasteiger partial charge in [0.25, 0.3) is 0 Å². The van der Waals surface area contributed by atoms with E-state index in [0.29, 0.717) is 10.8 Å². The Balaban J connectivity index is 2.02. The van der Waals surface area contributed by atoms with Gasteiger partial charge in [0.15, 0.2) is 0 Å². The highest BCUT2D eigenvalue weighted by Gasteiger charge is 2.23. The molecule has 1 aromatic rings. The molecular weight excluding hydrogens is 296 g/mol. The van der Waals surface area contributed by atoms with Gasteiger partial charge < -0.3 is 4.90 Å². The number of likely N-dealkylation sites (tertiary alicyclic amines) is 1. The van der Waals surface area contributed by atoms with Crippen molar-refractivity contribution in [1.29, 1.82) is 0 Å². The fraction of sp³-hybridized carbons (Fsp3) is 0.571. The molecule has 0 bridgehead atoms. The maximum atomic E-state index is 12.3. The number of nitrogens with one attached hydrogen (secondary N) is 1. The monoisotopic (exact) mass is 316 g/mol. The van der Waals surface area contributed by atoms with Crippen molar-refractivity contribution in [2.24, 2.45) is 0 Å². The van der Waals surface area contributed by atoms with Crippen LogP contribution in [0.4, 0.5) is 0 Å². The van der Waals surface area contributed by atoms with Crippen LogP contribution in [-0.2, 0) is 16.4 Å². The van der Waals surface area contributed by atoms with E-state index in [-0.39, 0.29) is 6.04 Å². The van der Waals surface area contributed by atoms with Gasteiger partial charge in [-0.05, 0) is 57.1 Å². The number of aryl methyl sites for hydroxylation is 1. The van der Waals surface area contributed by atoms with Crippen molar-refractivity contribution in [2.45, 2.75) is 30.2 Å². The van der Waals surface area contributed by atoms with Crippen LogP contribution in [0.15, 0.2) is 29.2 Å². The molecule has 4 nitrogen and oxygen atoms in total. The number of hydrogen-bond acceptors (Lipinski definition) is 3. The molecule has 0 atom stereocenters. The van der Waals surface area contributed by atoms with Gasteiger partial charge in [0, 0.05) is 11.9 Å². The Labute approximate surface area is 126 Å². The zero-order valence-corrected chi connectivity index (χ0v) is 13.3. The fourth-order valence-electron chi connectivity index (χ4n) is 2.36.